The van der Waals surface area contributed by atoms with Crippen LogP contribution in [0.2, 0.25) is 0 Å². The van der Waals surface area contributed by atoms with E-state index < -0.39 is 0 Å². The lowest BCUT2D eigenvalue weighted by Gasteiger charge is -2.32. The van der Waals surface area contributed by atoms with E-state index in [1.807, 2.05) is 49.4 Å². The minimum atomic E-state index is -0.0868. The van der Waals surface area contributed by atoms with Gasteiger partial charge in [0.25, 0.3) is 5.91 Å². The van der Waals surface area contributed by atoms with Crippen LogP contribution in [0.3, 0.4) is 0 Å². The van der Waals surface area contributed by atoms with Crippen LogP contribution in [0, 0.1) is 6.92 Å². The molecule has 1 aliphatic heterocycles. The SMILES string of the molecule is Cc1ccc(OC2CCCN(C(=O)c3cc(-c4ccccc4)n[nH]3)C2)nn1. The van der Waals surface area contributed by atoms with Crippen LogP contribution >= 0.6 is 0 Å². The molecule has 0 saturated carbocycles. The Labute approximate surface area is 157 Å². The van der Waals surface area contributed by atoms with Gasteiger partial charge in [0, 0.05) is 18.2 Å². The zero-order chi connectivity index (χ0) is 18.6. The molecule has 0 spiro atoms. The van der Waals surface area contributed by atoms with Crippen LogP contribution in [0.5, 0.6) is 5.88 Å². The van der Waals surface area contributed by atoms with Gasteiger partial charge in [-0.2, -0.15) is 10.2 Å². The molecule has 1 atom stereocenters. The second kappa shape index (κ2) is 7.57. The third kappa shape index (κ3) is 3.97. The number of benzene rings is 1. The highest BCUT2D eigenvalue weighted by Crippen LogP contribution is 2.21. The molecule has 1 N–H and O–H groups in total. The van der Waals surface area contributed by atoms with Crippen molar-refractivity contribution in [1.29, 1.82) is 0 Å². The largest absolute Gasteiger partial charge is 0.471 e. The van der Waals surface area contributed by atoms with Gasteiger partial charge in [-0.15, -0.1) is 5.10 Å². The molecule has 1 aliphatic rings. The summed E-state index contributed by atoms with van der Waals surface area (Å²) in [5.74, 6) is 0.431. The Hall–Kier alpha value is -3.22. The van der Waals surface area contributed by atoms with Gasteiger partial charge in [-0.05, 0) is 31.9 Å². The lowest BCUT2D eigenvalue weighted by atomic mass is 10.1. The minimum absolute atomic E-state index is 0.0621. The van der Waals surface area contributed by atoms with E-state index in [2.05, 4.69) is 20.4 Å². The highest BCUT2D eigenvalue weighted by Gasteiger charge is 2.27. The Balaban J connectivity index is 1.43. The van der Waals surface area contributed by atoms with Crippen molar-refractivity contribution in [3.63, 3.8) is 0 Å². The normalized spacial score (nSPS) is 16.9. The minimum Gasteiger partial charge on any atom is -0.471 e. The first-order chi connectivity index (χ1) is 13.2. The summed E-state index contributed by atoms with van der Waals surface area (Å²) in [7, 11) is 0. The van der Waals surface area contributed by atoms with E-state index in [0.717, 1.165) is 29.8 Å². The molecule has 1 unspecified atom stereocenters. The number of aryl methyl sites for hydroxylation is 1. The standard InChI is InChI=1S/C20H21N5O2/c1-14-9-10-19(24-21-14)27-16-8-5-11-25(13-16)20(26)18-12-17(22-23-18)15-6-3-2-4-7-15/h2-4,6-7,9-10,12,16H,5,8,11,13H2,1H3,(H,22,23). The maximum absolute atomic E-state index is 12.9. The topological polar surface area (TPSA) is 84.0 Å². The lowest BCUT2D eigenvalue weighted by Crippen LogP contribution is -2.44. The number of ether oxygens (including phenoxy) is 1. The van der Waals surface area contributed by atoms with Crippen molar-refractivity contribution in [2.75, 3.05) is 13.1 Å². The summed E-state index contributed by atoms with van der Waals surface area (Å²) in [5.41, 5.74) is 3.07. The second-order valence-electron chi connectivity index (χ2n) is 6.68. The first kappa shape index (κ1) is 17.2. The van der Waals surface area contributed by atoms with Crippen LogP contribution in [0.25, 0.3) is 11.3 Å². The molecule has 1 saturated heterocycles. The number of hydrogen-bond acceptors (Lipinski definition) is 5. The van der Waals surface area contributed by atoms with E-state index in [9.17, 15) is 4.79 Å². The van der Waals surface area contributed by atoms with Crippen molar-refractivity contribution in [3.8, 4) is 17.1 Å². The van der Waals surface area contributed by atoms with Gasteiger partial charge in [-0.3, -0.25) is 9.89 Å². The summed E-state index contributed by atoms with van der Waals surface area (Å²) < 4.78 is 5.91. The summed E-state index contributed by atoms with van der Waals surface area (Å²) >= 11 is 0. The molecule has 7 heteroatoms. The molecule has 0 bridgehead atoms. The molecule has 0 radical (unpaired) electrons. The van der Waals surface area contributed by atoms with Crippen molar-refractivity contribution in [1.82, 2.24) is 25.3 Å². The third-order valence-electron chi connectivity index (χ3n) is 4.60. The maximum atomic E-state index is 12.9. The molecule has 1 aromatic carbocycles. The number of nitrogens with one attached hydrogen (secondary N) is 1. The molecule has 3 heterocycles. The summed E-state index contributed by atoms with van der Waals surface area (Å²) in [5, 5.41) is 15.2. The van der Waals surface area contributed by atoms with E-state index in [0.29, 0.717) is 24.7 Å². The van der Waals surface area contributed by atoms with Gasteiger partial charge in [0.05, 0.1) is 17.9 Å². The van der Waals surface area contributed by atoms with Gasteiger partial charge in [0.1, 0.15) is 11.8 Å². The van der Waals surface area contributed by atoms with Crippen molar-refractivity contribution in [2.24, 2.45) is 0 Å². The van der Waals surface area contributed by atoms with Gasteiger partial charge in [0.15, 0.2) is 0 Å². The lowest BCUT2D eigenvalue weighted by molar-refractivity contribution is 0.0520. The van der Waals surface area contributed by atoms with E-state index in [1.165, 1.54) is 0 Å². The molecule has 1 amide bonds. The zero-order valence-electron chi connectivity index (χ0n) is 15.1. The van der Waals surface area contributed by atoms with Crippen molar-refractivity contribution < 1.29 is 9.53 Å². The van der Waals surface area contributed by atoms with E-state index in [-0.39, 0.29) is 12.0 Å². The molecule has 1 fully saturated rings. The average Bonchev–Trinajstić information content (AvgIpc) is 3.20. The fourth-order valence-electron chi connectivity index (χ4n) is 3.20. The summed E-state index contributed by atoms with van der Waals surface area (Å²) in [6.45, 7) is 3.11. The fourth-order valence-corrected chi connectivity index (χ4v) is 3.20. The number of aromatic amines is 1. The number of piperidine rings is 1. The predicted octanol–water partition coefficient (Wildman–Crippen LogP) is 2.86. The van der Waals surface area contributed by atoms with E-state index in [1.54, 1.807) is 11.0 Å². The molecule has 27 heavy (non-hydrogen) atoms. The number of amides is 1. The highest BCUT2D eigenvalue weighted by atomic mass is 16.5. The van der Waals surface area contributed by atoms with E-state index in [4.69, 9.17) is 4.74 Å². The zero-order valence-corrected chi connectivity index (χ0v) is 15.1. The van der Waals surface area contributed by atoms with Crippen LogP contribution in [-0.2, 0) is 0 Å². The molecule has 2 aromatic heterocycles. The van der Waals surface area contributed by atoms with Crippen molar-refractivity contribution in [2.45, 2.75) is 25.9 Å². The molecule has 3 aromatic rings. The second-order valence-corrected chi connectivity index (χ2v) is 6.68. The highest BCUT2D eigenvalue weighted by molar-refractivity contribution is 5.93. The number of nitrogens with zero attached hydrogens (tertiary/aromatic N) is 4. The molecule has 4 rings (SSSR count). The Morgan fingerprint density at radius 2 is 2.04 bits per heavy atom. The number of rotatable bonds is 4. The van der Waals surface area contributed by atoms with Gasteiger partial charge >= 0.3 is 0 Å². The predicted molar refractivity (Wildman–Crippen MR) is 100 cm³/mol. The van der Waals surface area contributed by atoms with E-state index >= 15 is 0 Å². The van der Waals surface area contributed by atoms with Crippen LogP contribution in [0.4, 0.5) is 0 Å². The molecule has 7 nitrogen and oxygen atoms in total. The fraction of sp³-hybridized carbons (Fsp3) is 0.300. The Morgan fingerprint density at radius 1 is 1.19 bits per heavy atom. The summed E-state index contributed by atoms with van der Waals surface area (Å²) in [6.07, 6.45) is 1.68. The monoisotopic (exact) mass is 363 g/mol. The smallest absolute Gasteiger partial charge is 0.272 e. The van der Waals surface area contributed by atoms with Crippen LogP contribution in [0.15, 0.2) is 48.5 Å². The van der Waals surface area contributed by atoms with Gasteiger partial charge in [-0.25, -0.2) is 0 Å². The van der Waals surface area contributed by atoms with Crippen molar-refractivity contribution >= 4 is 5.91 Å². The van der Waals surface area contributed by atoms with Gasteiger partial charge in [0.2, 0.25) is 5.88 Å². The van der Waals surface area contributed by atoms with Crippen molar-refractivity contribution in [3.05, 3.63) is 59.9 Å². The molecular formula is C20H21N5O2. The quantitative estimate of drug-likeness (QED) is 0.770. The molecule has 0 aliphatic carbocycles. The molecule has 138 valence electrons. The van der Waals surface area contributed by atoms with Crippen LogP contribution in [0.1, 0.15) is 29.0 Å². The number of carbonyl (C=O) groups is 1. The first-order valence-corrected chi connectivity index (χ1v) is 9.06. The first-order valence-electron chi connectivity index (χ1n) is 9.06. The Kier molecular flexibility index (Phi) is 4.82. The number of hydrogen-bond donors (Lipinski definition) is 1. The number of carbonyl (C=O) groups excluding carboxylic acids is 1. The van der Waals surface area contributed by atoms with Gasteiger partial charge in [-0.1, -0.05) is 30.3 Å². The number of likely N-dealkylation sites (tertiary alicyclic amines) is 1. The average molecular weight is 363 g/mol. The number of H-pyrrole nitrogens is 1. The third-order valence-corrected chi connectivity index (χ3v) is 4.60. The Morgan fingerprint density at radius 3 is 2.81 bits per heavy atom. The van der Waals surface area contributed by atoms with Crippen LogP contribution in [-0.4, -0.2) is 50.4 Å². The molecular weight excluding hydrogens is 342 g/mol. The number of aromatic nitrogens is 4. The van der Waals surface area contributed by atoms with Crippen LogP contribution < -0.4 is 4.74 Å². The Bertz CT molecular complexity index is 908. The summed E-state index contributed by atoms with van der Waals surface area (Å²) in [6, 6.07) is 15.3. The van der Waals surface area contributed by atoms with Gasteiger partial charge < -0.3 is 9.64 Å². The summed E-state index contributed by atoms with van der Waals surface area (Å²) in [4.78, 5) is 14.7. The maximum Gasteiger partial charge on any atom is 0.272 e.